The molecule has 0 fully saturated rings. The van der Waals surface area contributed by atoms with E-state index in [0.717, 1.165) is 17.2 Å². The molecule has 2 aromatic rings. The molecule has 0 aromatic heterocycles. The molecule has 0 aliphatic carbocycles. The molecule has 0 atom stereocenters. The van der Waals surface area contributed by atoms with Crippen molar-refractivity contribution < 1.29 is 19.0 Å². The zero-order valence-corrected chi connectivity index (χ0v) is 19.0. The number of thioether (sulfide) groups is 1. The summed E-state index contributed by atoms with van der Waals surface area (Å²) in [6.45, 7) is 2.53. The summed E-state index contributed by atoms with van der Waals surface area (Å²) in [5.74, 6) is 1.65. The van der Waals surface area contributed by atoms with Gasteiger partial charge >= 0.3 is 0 Å². The van der Waals surface area contributed by atoms with E-state index in [2.05, 4.69) is 4.99 Å². The van der Waals surface area contributed by atoms with Gasteiger partial charge in [0.2, 0.25) is 0 Å². The lowest BCUT2D eigenvalue weighted by molar-refractivity contribution is -0.114. The molecule has 1 amide bonds. The van der Waals surface area contributed by atoms with Crippen LogP contribution in [-0.2, 0) is 4.79 Å². The van der Waals surface area contributed by atoms with Crippen LogP contribution in [0.2, 0.25) is 5.02 Å². The third-order valence-electron chi connectivity index (χ3n) is 4.72. The Labute approximate surface area is 194 Å². The highest BCUT2D eigenvalue weighted by molar-refractivity contribution is 8.16. The highest BCUT2D eigenvalue weighted by Gasteiger charge is 2.33. The maximum atomic E-state index is 12.4. The lowest BCUT2D eigenvalue weighted by Crippen LogP contribution is -2.37. The zero-order chi connectivity index (χ0) is 22.7. The minimum Gasteiger partial charge on any atom is -0.497 e. The number of carbonyl (C=O) groups excluding carboxylic acids is 1. The Morgan fingerprint density at radius 3 is 2.56 bits per heavy atom. The van der Waals surface area contributed by atoms with E-state index in [0.29, 0.717) is 34.7 Å². The predicted molar refractivity (Wildman–Crippen MR) is 127 cm³/mol. The molecule has 7 nitrogen and oxygen atoms in total. The minimum atomic E-state index is -0.441. The molecule has 2 aliphatic rings. The summed E-state index contributed by atoms with van der Waals surface area (Å²) in [6.07, 6.45) is 1.61. The van der Waals surface area contributed by atoms with Crippen molar-refractivity contribution in [2.24, 2.45) is 4.99 Å². The number of carbonyl (C=O) groups is 1. The summed E-state index contributed by atoms with van der Waals surface area (Å²) in [4.78, 5) is 18.1. The summed E-state index contributed by atoms with van der Waals surface area (Å²) < 4.78 is 16.5. The second-order valence-electron chi connectivity index (χ2n) is 6.88. The SMILES string of the molecule is COc1ccc(OCCOc2ccc(/C=C3\C(=N)N4C(C)=CSC4=NC3=O)cc2Cl)cc1. The maximum Gasteiger partial charge on any atom is 0.283 e. The van der Waals surface area contributed by atoms with Gasteiger partial charge < -0.3 is 14.2 Å². The van der Waals surface area contributed by atoms with Crippen LogP contribution < -0.4 is 14.2 Å². The van der Waals surface area contributed by atoms with Gasteiger partial charge in [-0.1, -0.05) is 29.4 Å². The second kappa shape index (κ2) is 9.50. The predicted octanol–water partition coefficient (Wildman–Crippen LogP) is 4.97. The van der Waals surface area contributed by atoms with Gasteiger partial charge in [-0.2, -0.15) is 4.99 Å². The van der Waals surface area contributed by atoms with Crippen LogP contribution in [0.1, 0.15) is 12.5 Å². The van der Waals surface area contributed by atoms with Crippen molar-refractivity contribution in [2.45, 2.75) is 6.92 Å². The van der Waals surface area contributed by atoms with Crippen molar-refractivity contribution >= 4 is 46.3 Å². The van der Waals surface area contributed by atoms with E-state index in [-0.39, 0.29) is 11.4 Å². The number of aliphatic imine (C=N–C) groups is 1. The summed E-state index contributed by atoms with van der Waals surface area (Å²) in [7, 11) is 1.61. The number of nitrogens with one attached hydrogen (secondary N) is 1. The van der Waals surface area contributed by atoms with Crippen LogP contribution in [0.15, 0.2) is 64.1 Å². The van der Waals surface area contributed by atoms with Gasteiger partial charge in [-0.25, -0.2) is 0 Å². The van der Waals surface area contributed by atoms with Crippen LogP contribution >= 0.6 is 23.4 Å². The molecule has 2 aliphatic heterocycles. The fourth-order valence-electron chi connectivity index (χ4n) is 3.12. The molecular formula is C23H20ClN3O4S. The Morgan fingerprint density at radius 2 is 1.84 bits per heavy atom. The normalized spacial score (nSPS) is 16.6. The van der Waals surface area contributed by atoms with Crippen molar-refractivity contribution in [3.8, 4) is 17.2 Å². The van der Waals surface area contributed by atoms with Gasteiger partial charge in [-0.05, 0) is 60.4 Å². The standard InChI is InChI=1S/C23H20ClN3O4S/c1-14-13-32-23-26-22(28)18(21(25)27(14)23)11-15-3-8-20(19(24)12-15)31-10-9-30-17-6-4-16(29-2)5-7-17/h3-8,11-13,25H,9-10H2,1-2H3/b18-11+,25-21?. The molecule has 0 bridgehead atoms. The van der Waals surface area contributed by atoms with Crippen molar-refractivity contribution in [2.75, 3.05) is 20.3 Å². The molecule has 0 unspecified atom stereocenters. The molecule has 1 N–H and O–H groups in total. The van der Waals surface area contributed by atoms with Gasteiger partial charge in [-0.15, -0.1) is 0 Å². The Bertz CT molecular complexity index is 1160. The second-order valence-corrected chi connectivity index (χ2v) is 8.12. The number of amidine groups is 2. The average Bonchev–Trinajstić information content (AvgIpc) is 3.16. The number of allylic oxidation sites excluding steroid dienone is 1. The topological polar surface area (TPSA) is 84.2 Å². The van der Waals surface area contributed by atoms with E-state index in [4.69, 9.17) is 31.2 Å². The van der Waals surface area contributed by atoms with Gasteiger partial charge in [0.25, 0.3) is 5.91 Å². The Balaban J connectivity index is 1.38. The number of rotatable bonds is 7. The fraction of sp³-hybridized carbons (Fsp3) is 0.174. The van der Waals surface area contributed by atoms with Crippen molar-refractivity contribution in [3.63, 3.8) is 0 Å². The van der Waals surface area contributed by atoms with Gasteiger partial charge in [0.15, 0.2) is 5.17 Å². The van der Waals surface area contributed by atoms with Gasteiger partial charge in [0.05, 0.1) is 17.7 Å². The van der Waals surface area contributed by atoms with Crippen LogP contribution in [-0.4, -0.2) is 42.1 Å². The molecule has 0 radical (unpaired) electrons. The third-order valence-corrected chi connectivity index (χ3v) is 5.96. The lowest BCUT2D eigenvalue weighted by Gasteiger charge is -2.25. The molecule has 9 heteroatoms. The Morgan fingerprint density at radius 1 is 1.12 bits per heavy atom. The number of nitrogens with zero attached hydrogens (tertiary/aromatic N) is 2. The number of hydrogen-bond donors (Lipinski definition) is 1. The highest BCUT2D eigenvalue weighted by atomic mass is 35.5. The number of ether oxygens (including phenoxy) is 3. The van der Waals surface area contributed by atoms with Gasteiger partial charge in [0, 0.05) is 5.70 Å². The van der Waals surface area contributed by atoms with Crippen LogP contribution in [0.5, 0.6) is 17.2 Å². The molecule has 2 aromatic carbocycles. The largest absolute Gasteiger partial charge is 0.497 e. The Hall–Kier alpha value is -3.23. The minimum absolute atomic E-state index is 0.103. The first-order valence-electron chi connectivity index (χ1n) is 9.72. The molecular weight excluding hydrogens is 450 g/mol. The summed E-state index contributed by atoms with van der Waals surface area (Å²) in [6, 6.07) is 12.5. The van der Waals surface area contributed by atoms with Crippen molar-refractivity contribution in [1.29, 1.82) is 5.41 Å². The first kappa shape index (κ1) is 22.0. The van der Waals surface area contributed by atoms with E-state index in [9.17, 15) is 4.79 Å². The van der Waals surface area contributed by atoms with Gasteiger partial charge in [-0.3, -0.25) is 15.1 Å². The van der Waals surface area contributed by atoms with E-state index in [1.807, 2.05) is 36.6 Å². The number of methoxy groups -OCH3 is 1. The molecule has 0 saturated carbocycles. The van der Waals surface area contributed by atoms with E-state index < -0.39 is 5.91 Å². The van der Waals surface area contributed by atoms with Crippen LogP contribution in [0, 0.1) is 5.41 Å². The number of benzene rings is 2. The zero-order valence-electron chi connectivity index (χ0n) is 17.4. The van der Waals surface area contributed by atoms with Crippen molar-refractivity contribution in [3.05, 3.63) is 69.7 Å². The highest BCUT2D eigenvalue weighted by Crippen LogP contribution is 2.32. The van der Waals surface area contributed by atoms with Crippen molar-refractivity contribution in [1.82, 2.24) is 4.90 Å². The van der Waals surface area contributed by atoms with Gasteiger partial charge in [0.1, 0.15) is 36.3 Å². The maximum absolute atomic E-state index is 12.4. The molecule has 4 rings (SSSR count). The summed E-state index contributed by atoms with van der Waals surface area (Å²) >= 11 is 7.70. The summed E-state index contributed by atoms with van der Waals surface area (Å²) in [5, 5.41) is 11.2. The molecule has 0 spiro atoms. The first-order valence-corrected chi connectivity index (χ1v) is 11.0. The van der Waals surface area contributed by atoms with Crippen LogP contribution in [0.25, 0.3) is 6.08 Å². The van der Waals surface area contributed by atoms with Crippen LogP contribution in [0.3, 0.4) is 0 Å². The smallest absolute Gasteiger partial charge is 0.283 e. The monoisotopic (exact) mass is 469 g/mol. The average molecular weight is 470 g/mol. The number of hydrogen-bond acceptors (Lipinski definition) is 6. The number of halogens is 1. The Kier molecular flexibility index (Phi) is 6.53. The lowest BCUT2D eigenvalue weighted by atomic mass is 10.1. The van der Waals surface area contributed by atoms with E-state index >= 15 is 0 Å². The third kappa shape index (κ3) is 4.66. The first-order chi connectivity index (χ1) is 15.5. The molecule has 2 heterocycles. The number of amides is 1. The fourth-order valence-corrected chi connectivity index (χ4v) is 4.22. The molecule has 0 saturated heterocycles. The van der Waals surface area contributed by atoms with E-state index in [1.54, 1.807) is 36.3 Å². The number of fused-ring (bicyclic) bond motifs is 1. The summed E-state index contributed by atoms with van der Waals surface area (Å²) in [5.41, 5.74) is 1.74. The van der Waals surface area contributed by atoms with E-state index in [1.165, 1.54) is 11.8 Å². The van der Waals surface area contributed by atoms with Crippen LogP contribution in [0.4, 0.5) is 0 Å². The quantitative estimate of drug-likeness (QED) is 0.455. The molecule has 32 heavy (non-hydrogen) atoms. The molecule has 164 valence electrons.